The van der Waals surface area contributed by atoms with Gasteiger partial charge in [0.2, 0.25) is 0 Å². The van der Waals surface area contributed by atoms with Crippen molar-refractivity contribution in [1.82, 2.24) is 4.90 Å². The molecule has 0 aromatic heterocycles. The number of benzene rings is 1. The Morgan fingerprint density at radius 1 is 1.39 bits per heavy atom. The lowest BCUT2D eigenvalue weighted by atomic mass is 10.2. The van der Waals surface area contributed by atoms with Crippen LogP contribution in [0, 0.1) is 5.82 Å². The van der Waals surface area contributed by atoms with Gasteiger partial charge in [0.1, 0.15) is 5.82 Å². The van der Waals surface area contributed by atoms with E-state index in [9.17, 15) is 9.18 Å². The fourth-order valence-electron chi connectivity index (χ4n) is 1.80. The first-order chi connectivity index (χ1) is 8.61. The molecule has 4 heteroatoms. The van der Waals surface area contributed by atoms with Gasteiger partial charge in [0, 0.05) is 13.1 Å². The van der Waals surface area contributed by atoms with E-state index in [2.05, 4.69) is 11.8 Å². The van der Waals surface area contributed by atoms with E-state index in [1.807, 2.05) is 6.07 Å². The molecule has 0 spiro atoms. The van der Waals surface area contributed by atoms with Crippen molar-refractivity contribution < 1.29 is 14.3 Å². The van der Waals surface area contributed by atoms with E-state index in [0.717, 1.165) is 24.9 Å². The number of carboxylic acid groups (broad SMARTS) is 1. The molecule has 3 nitrogen and oxygen atoms in total. The zero-order chi connectivity index (χ0) is 13.4. The van der Waals surface area contributed by atoms with Crippen molar-refractivity contribution in [2.24, 2.45) is 0 Å². The molecular formula is C14H20FNO2. The van der Waals surface area contributed by atoms with E-state index in [0.29, 0.717) is 13.1 Å². The lowest BCUT2D eigenvalue weighted by Gasteiger charge is -2.21. The molecule has 18 heavy (non-hydrogen) atoms. The van der Waals surface area contributed by atoms with Crippen LogP contribution in [0.15, 0.2) is 24.3 Å². The van der Waals surface area contributed by atoms with E-state index in [-0.39, 0.29) is 12.2 Å². The van der Waals surface area contributed by atoms with Crippen LogP contribution in [0.1, 0.15) is 31.7 Å². The molecule has 1 N–H and O–H groups in total. The van der Waals surface area contributed by atoms with Crippen LogP contribution in [0.25, 0.3) is 0 Å². The minimum atomic E-state index is -0.796. The molecule has 0 bridgehead atoms. The van der Waals surface area contributed by atoms with Crippen molar-refractivity contribution >= 4 is 5.97 Å². The van der Waals surface area contributed by atoms with Crippen LogP contribution >= 0.6 is 0 Å². The number of carboxylic acids is 1. The van der Waals surface area contributed by atoms with Crippen molar-refractivity contribution in [1.29, 1.82) is 0 Å². The summed E-state index contributed by atoms with van der Waals surface area (Å²) >= 11 is 0. The standard InChI is InChI=1S/C14H20FNO2/c1-2-3-8-16(9-7-14(17)18)11-12-5-4-6-13(15)10-12/h4-6,10H,2-3,7-9,11H2,1H3,(H,17,18). The molecule has 0 radical (unpaired) electrons. The fraction of sp³-hybridized carbons (Fsp3) is 0.500. The monoisotopic (exact) mass is 253 g/mol. The zero-order valence-corrected chi connectivity index (χ0v) is 10.7. The highest BCUT2D eigenvalue weighted by molar-refractivity contribution is 5.66. The summed E-state index contributed by atoms with van der Waals surface area (Å²) in [6.45, 7) is 4.05. The highest BCUT2D eigenvalue weighted by Crippen LogP contribution is 2.09. The van der Waals surface area contributed by atoms with E-state index in [1.54, 1.807) is 6.07 Å². The predicted molar refractivity (Wildman–Crippen MR) is 68.8 cm³/mol. The first kappa shape index (κ1) is 14.6. The molecule has 0 heterocycles. The molecule has 0 atom stereocenters. The third-order valence-corrected chi connectivity index (χ3v) is 2.77. The van der Waals surface area contributed by atoms with Gasteiger partial charge in [-0.05, 0) is 30.7 Å². The highest BCUT2D eigenvalue weighted by Gasteiger charge is 2.08. The molecule has 0 saturated carbocycles. The van der Waals surface area contributed by atoms with Crippen LogP contribution in [0.2, 0.25) is 0 Å². The molecule has 1 aromatic carbocycles. The molecule has 0 aliphatic heterocycles. The second kappa shape index (κ2) is 7.82. The maximum absolute atomic E-state index is 13.1. The van der Waals surface area contributed by atoms with Gasteiger partial charge < -0.3 is 5.11 Å². The first-order valence-electron chi connectivity index (χ1n) is 6.30. The normalized spacial score (nSPS) is 10.8. The van der Waals surface area contributed by atoms with E-state index < -0.39 is 5.97 Å². The van der Waals surface area contributed by atoms with Crippen molar-refractivity contribution in [3.8, 4) is 0 Å². The number of carbonyl (C=O) groups is 1. The summed E-state index contributed by atoms with van der Waals surface area (Å²) in [5, 5.41) is 8.71. The van der Waals surface area contributed by atoms with Crippen molar-refractivity contribution in [3.05, 3.63) is 35.6 Å². The number of rotatable bonds is 8. The second-order valence-corrected chi connectivity index (χ2v) is 4.40. The van der Waals surface area contributed by atoms with Gasteiger partial charge >= 0.3 is 5.97 Å². The topological polar surface area (TPSA) is 40.5 Å². The minimum Gasteiger partial charge on any atom is -0.481 e. The largest absolute Gasteiger partial charge is 0.481 e. The summed E-state index contributed by atoms with van der Waals surface area (Å²) in [6, 6.07) is 6.46. The molecule has 0 aliphatic rings. The Morgan fingerprint density at radius 2 is 2.17 bits per heavy atom. The molecule has 1 rings (SSSR count). The fourth-order valence-corrected chi connectivity index (χ4v) is 1.80. The molecule has 0 unspecified atom stereocenters. The van der Waals surface area contributed by atoms with Gasteiger partial charge in [-0.3, -0.25) is 9.69 Å². The summed E-state index contributed by atoms with van der Waals surface area (Å²) in [5.41, 5.74) is 0.886. The van der Waals surface area contributed by atoms with Crippen molar-refractivity contribution in [2.45, 2.75) is 32.7 Å². The average molecular weight is 253 g/mol. The van der Waals surface area contributed by atoms with Gasteiger partial charge in [0.25, 0.3) is 0 Å². The van der Waals surface area contributed by atoms with Gasteiger partial charge in [-0.1, -0.05) is 25.5 Å². The second-order valence-electron chi connectivity index (χ2n) is 4.40. The number of unbranched alkanes of at least 4 members (excludes halogenated alkanes) is 1. The smallest absolute Gasteiger partial charge is 0.304 e. The minimum absolute atomic E-state index is 0.124. The number of halogens is 1. The zero-order valence-electron chi connectivity index (χ0n) is 10.7. The van der Waals surface area contributed by atoms with Crippen LogP contribution < -0.4 is 0 Å². The van der Waals surface area contributed by atoms with Crippen LogP contribution in [-0.4, -0.2) is 29.1 Å². The molecule has 100 valence electrons. The third kappa shape index (κ3) is 5.77. The SMILES string of the molecule is CCCCN(CCC(=O)O)Cc1cccc(F)c1. The quantitative estimate of drug-likeness (QED) is 0.774. The number of nitrogens with zero attached hydrogens (tertiary/aromatic N) is 1. The summed E-state index contributed by atoms with van der Waals surface area (Å²) < 4.78 is 13.1. The lowest BCUT2D eigenvalue weighted by molar-refractivity contribution is -0.137. The van der Waals surface area contributed by atoms with E-state index >= 15 is 0 Å². The first-order valence-corrected chi connectivity index (χ1v) is 6.30. The maximum atomic E-state index is 13.1. The summed E-state index contributed by atoms with van der Waals surface area (Å²) in [7, 11) is 0. The summed E-state index contributed by atoms with van der Waals surface area (Å²) in [6.07, 6.45) is 2.21. The highest BCUT2D eigenvalue weighted by atomic mass is 19.1. The number of aliphatic carboxylic acids is 1. The number of hydrogen-bond donors (Lipinski definition) is 1. The van der Waals surface area contributed by atoms with Crippen molar-refractivity contribution in [2.75, 3.05) is 13.1 Å². The summed E-state index contributed by atoms with van der Waals surface area (Å²) in [4.78, 5) is 12.7. The Hall–Kier alpha value is -1.42. The lowest BCUT2D eigenvalue weighted by Crippen LogP contribution is -2.27. The van der Waals surface area contributed by atoms with Crippen molar-refractivity contribution in [3.63, 3.8) is 0 Å². The van der Waals surface area contributed by atoms with Gasteiger partial charge in [0.05, 0.1) is 6.42 Å². The van der Waals surface area contributed by atoms with E-state index in [4.69, 9.17) is 5.11 Å². The van der Waals surface area contributed by atoms with Gasteiger partial charge in [-0.2, -0.15) is 0 Å². The van der Waals surface area contributed by atoms with Crippen LogP contribution in [0.3, 0.4) is 0 Å². The molecule has 0 aliphatic carbocycles. The molecule has 1 aromatic rings. The summed E-state index contributed by atoms with van der Waals surface area (Å²) in [5.74, 6) is -1.04. The molecular weight excluding hydrogens is 233 g/mol. The van der Waals surface area contributed by atoms with Crippen LogP contribution in [0.4, 0.5) is 4.39 Å². The Kier molecular flexibility index (Phi) is 6.36. The van der Waals surface area contributed by atoms with Gasteiger partial charge in [-0.15, -0.1) is 0 Å². The predicted octanol–water partition coefficient (Wildman–Crippen LogP) is 2.90. The molecule has 0 saturated heterocycles. The van der Waals surface area contributed by atoms with E-state index in [1.165, 1.54) is 12.1 Å². The Bertz CT molecular complexity index is 382. The van der Waals surface area contributed by atoms with Gasteiger partial charge in [-0.25, -0.2) is 4.39 Å². The Balaban J connectivity index is 2.56. The Morgan fingerprint density at radius 3 is 2.78 bits per heavy atom. The third-order valence-electron chi connectivity index (χ3n) is 2.77. The average Bonchev–Trinajstić information content (AvgIpc) is 2.32. The Labute approximate surface area is 107 Å². The van der Waals surface area contributed by atoms with Crippen LogP contribution in [0.5, 0.6) is 0 Å². The van der Waals surface area contributed by atoms with Gasteiger partial charge in [0.15, 0.2) is 0 Å². The van der Waals surface area contributed by atoms with Crippen LogP contribution in [-0.2, 0) is 11.3 Å². The molecule has 0 amide bonds. The molecule has 0 fully saturated rings. The number of hydrogen-bond acceptors (Lipinski definition) is 2. The maximum Gasteiger partial charge on any atom is 0.304 e.